The largest absolute Gasteiger partial charge is 0.458 e. The van der Waals surface area contributed by atoms with Gasteiger partial charge in [0, 0.05) is 23.0 Å². The number of fused-ring (bicyclic) bond motifs is 4. The Morgan fingerprint density at radius 3 is 1.86 bits per heavy atom. The van der Waals surface area contributed by atoms with E-state index in [1.54, 1.807) is 27.3 Å². The normalized spacial score (nSPS) is 13.7. The molecular weight excluding hydrogens is 889 g/mol. The standard InChI is InChI=1S/C68H56N4O/c1-44-19-16-20-45(2)65(44)51-37-46(3)66(47(4)38-51)50-31-34-60-59(39-50)58-33-32-55(42-63(58)72(60)64-40-52(35-36-69-64)68(5,6)7)73-54-26-17-25-53(41-54)70-43-71(62-30-15-14-29-61(62)70)67-56(48-21-10-8-11-22-48)27-18-28-57(67)49-23-12-9-13-24-49/h8-42H,1-7H3/i8D,9D,10D,11D,12D,13D,21D,22D,23D,24D. The van der Waals surface area contributed by atoms with Gasteiger partial charge in [-0.15, -0.1) is 0 Å². The van der Waals surface area contributed by atoms with Gasteiger partial charge in [-0.05, 0) is 160 Å². The molecule has 354 valence electrons. The second kappa shape index (κ2) is 18.1. The first-order valence-corrected chi connectivity index (χ1v) is 24.4. The molecule has 9 aromatic carbocycles. The van der Waals surface area contributed by atoms with Gasteiger partial charge in [0.25, 0.3) is 6.33 Å². The van der Waals surface area contributed by atoms with Crippen LogP contribution in [0.5, 0.6) is 11.5 Å². The van der Waals surface area contributed by atoms with Gasteiger partial charge in [0.05, 0.1) is 47.1 Å². The van der Waals surface area contributed by atoms with Crippen molar-refractivity contribution in [1.29, 1.82) is 0 Å². The zero-order chi connectivity index (χ0) is 58.7. The monoisotopic (exact) mass is 955 g/mol. The summed E-state index contributed by atoms with van der Waals surface area (Å²) in [6.45, 7) is 15.3. The topological polar surface area (TPSA) is 35.9 Å². The molecule has 0 saturated heterocycles. The molecule has 0 unspecified atom stereocenters. The van der Waals surface area contributed by atoms with Crippen molar-refractivity contribution < 1.29 is 23.0 Å². The van der Waals surface area contributed by atoms with Crippen molar-refractivity contribution in [1.82, 2.24) is 14.1 Å². The predicted octanol–water partition coefficient (Wildman–Crippen LogP) is 17.2. The Labute approximate surface area is 442 Å². The van der Waals surface area contributed by atoms with E-state index in [1.807, 2.05) is 66.9 Å². The highest BCUT2D eigenvalue weighted by molar-refractivity contribution is 6.11. The molecule has 0 fully saturated rings. The van der Waals surface area contributed by atoms with Gasteiger partial charge in [0.2, 0.25) is 0 Å². The zero-order valence-electron chi connectivity index (χ0n) is 51.6. The van der Waals surface area contributed by atoms with Crippen LogP contribution in [0, 0.1) is 34.0 Å². The number of nitrogens with zero attached hydrogens (tertiary/aromatic N) is 4. The highest BCUT2D eigenvalue weighted by atomic mass is 16.5. The zero-order valence-corrected chi connectivity index (χ0v) is 41.6. The Morgan fingerprint density at radius 2 is 1.16 bits per heavy atom. The maximum absolute atomic E-state index is 9.08. The molecule has 0 aliphatic carbocycles. The highest BCUT2D eigenvalue weighted by Gasteiger charge is 2.22. The number of aryl methyl sites for hydroxylation is 4. The van der Waals surface area contributed by atoms with Crippen LogP contribution in [0.15, 0.2) is 212 Å². The summed E-state index contributed by atoms with van der Waals surface area (Å²) in [6, 6.07) is 42.6. The van der Waals surface area contributed by atoms with Gasteiger partial charge in [-0.3, -0.25) is 13.7 Å². The average molecular weight is 955 g/mol. The average Bonchev–Trinajstić information content (AvgIpc) is 3.75. The first-order valence-electron chi connectivity index (χ1n) is 29.4. The van der Waals surface area contributed by atoms with E-state index in [2.05, 4.69) is 126 Å². The summed E-state index contributed by atoms with van der Waals surface area (Å²) in [7, 11) is 0. The van der Waals surface area contributed by atoms with Crippen LogP contribution in [0.4, 0.5) is 0 Å². The summed E-state index contributed by atoms with van der Waals surface area (Å²) >= 11 is 0. The molecule has 0 atom stereocenters. The number of ether oxygens (including phenoxy) is 1. The molecule has 0 N–H and O–H groups in total. The number of hydrogen-bond acceptors (Lipinski definition) is 2. The molecule has 0 spiro atoms. The van der Waals surface area contributed by atoms with Crippen LogP contribution in [0.1, 0.15) is 62.3 Å². The van der Waals surface area contributed by atoms with Gasteiger partial charge in [-0.2, -0.15) is 0 Å². The van der Waals surface area contributed by atoms with Gasteiger partial charge < -0.3 is 4.74 Å². The fourth-order valence-corrected chi connectivity index (χ4v) is 10.5. The molecule has 73 heavy (non-hydrogen) atoms. The molecule has 0 saturated carbocycles. The van der Waals surface area contributed by atoms with Crippen LogP contribution in [0.3, 0.4) is 0 Å². The lowest BCUT2D eigenvalue weighted by Gasteiger charge is -2.20. The molecule has 0 aliphatic rings. The third-order valence-electron chi connectivity index (χ3n) is 13.8. The number of imidazole rings is 1. The lowest BCUT2D eigenvalue weighted by atomic mass is 9.88. The Kier molecular flexibility index (Phi) is 8.76. The molecule has 12 rings (SSSR count). The van der Waals surface area contributed by atoms with Gasteiger partial charge in [0.1, 0.15) is 17.3 Å². The number of pyridine rings is 1. The summed E-state index contributed by atoms with van der Waals surface area (Å²) in [6.07, 6.45) is 5.34. The van der Waals surface area contributed by atoms with Crippen LogP contribution < -0.4 is 9.30 Å². The summed E-state index contributed by atoms with van der Waals surface area (Å²) in [5, 5.41) is 2.09. The number of aromatic nitrogens is 4. The molecule has 5 heteroatoms. The lowest BCUT2D eigenvalue weighted by molar-refractivity contribution is -0.571. The molecule has 0 aliphatic heterocycles. The minimum Gasteiger partial charge on any atom is -0.458 e. The Morgan fingerprint density at radius 1 is 0.521 bits per heavy atom. The van der Waals surface area contributed by atoms with E-state index in [4.69, 9.17) is 23.4 Å². The minimum atomic E-state index is -0.569. The number of hydrogen-bond donors (Lipinski definition) is 0. The molecular formula is C68H56N4O. The van der Waals surface area contributed by atoms with Gasteiger partial charge in [-0.1, -0.05) is 166 Å². The van der Waals surface area contributed by atoms with E-state index in [-0.39, 0.29) is 33.4 Å². The molecule has 3 heterocycles. The van der Waals surface area contributed by atoms with Crippen molar-refractivity contribution in [2.75, 3.05) is 0 Å². The smallest absolute Gasteiger partial charge is 0.269 e. The third-order valence-corrected chi connectivity index (χ3v) is 13.8. The second-order valence-corrected chi connectivity index (χ2v) is 19.7. The summed E-state index contributed by atoms with van der Waals surface area (Å²) < 4.78 is 100. The molecule has 5 nitrogen and oxygen atoms in total. The van der Waals surface area contributed by atoms with E-state index in [0.717, 1.165) is 38.8 Å². The summed E-state index contributed by atoms with van der Waals surface area (Å²) in [4.78, 5) is 4.98. The van der Waals surface area contributed by atoms with Crippen molar-refractivity contribution in [3.05, 3.63) is 246 Å². The SMILES string of the molecule is [2H]c1c([2H])c([2H])c(-c2cccc(-c3c([2H])c([2H])c([2H])c([2H])c3[2H])c2-[n+]2[c-]n(-c3cccc(Oc4ccc5c6cc(-c7c(C)cc(-c8c(C)cccc8C)cc7C)ccc6n(-c6cc(C(C)(C)C)ccn6)c5c4)c3)c3ccccc32)c([2H])c1[2H]. The summed E-state index contributed by atoms with van der Waals surface area (Å²) in [5.41, 5.74) is 14.6. The fraction of sp³-hybridized carbons (Fsp3) is 0.118. The molecule has 0 amide bonds. The van der Waals surface area contributed by atoms with Crippen molar-refractivity contribution >= 4 is 32.8 Å². The van der Waals surface area contributed by atoms with Crippen LogP contribution in [0.2, 0.25) is 0 Å². The lowest BCUT2D eigenvalue weighted by Crippen LogP contribution is -2.31. The number of benzene rings is 9. The molecule has 3 aromatic heterocycles. The maximum Gasteiger partial charge on any atom is 0.269 e. The van der Waals surface area contributed by atoms with Crippen molar-refractivity contribution in [2.45, 2.75) is 53.9 Å². The Hall–Kier alpha value is -8.80. The van der Waals surface area contributed by atoms with E-state index < -0.39 is 60.4 Å². The number of para-hydroxylation sites is 3. The molecule has 0 bridgehead atoms. The van der Waals surface area contributed by atoms with E-state index >= 15 is 0 Å². The van der Waals surface area contributed by atoms with E-state index in [1.165, 1.54) is 38.9 Å². The quantitative estimate of drug-likeness (QED) is 0.107. The van der Waals surface area contributed by atoms with E-state index in [9.17, 15) is 0 Å². The molecule has 12 aromatic rings. The van der Waals surface area contributed by atoms with Crippen molar-refractivity contribution in [3.8, 4) is 73.2 Å². The molecule has 0 radical (unpaired) electrons. The van der Waals surface area contributed by atoms with Crippen molar-refractivity contribution in [2.24, 2.45) is 0 Å². The van der Waals surface area contributed by atoms with E-state index in [0.29, 0.717) is 28.2 Å². The van der Waals surface area contributed by atoms with Crippen molar-refractivity contribution in [3.63, 3.8) is 0 Å². The first kappa shape index (κ1) is 35.3. The van der Waals surface area contributed by atoms with Crippen LogP contribution in [0.25, 0.3) is 94.5 Å². The second-order valence-electron chi connectivity index (χ2n) is 19.7. The van der Waals surface area contributed by atoms with Crippen LogP contribution >= 0.6 is 0 Å². The fourth-order valence-electron chi connectivity index (χ4n) is 10.5. The summed E-state index contributed by atoms with van der Waals surface area (Å²) in [5.74, 6) is 1.86. The van der Waals surface area contributed by atoms with Crippen LogP contribution in [-0.2, 0) is 5.41 Å². The first-order chi connectivity index (χ1) is 39.6. The van der Waals surface area contributed by atoms with Gasteiger partial charge in [-0.25, -0.2) is 4.98 Å². The predicted molar refractivity (Wildman–Crippen MR) is 302 cm³/mol. The third kappa shape index (κ3) is 8.17. The van der Waals surface area contributed by atoms with Gasteiger partial charge in [0.15, 0.2) is 0 Å². The minimum absolute atomic E-state index is 0.133. The van der Waals surface area contributed by atoms with Gasteiger partial charge >= 0.3 is 0 Å². The Balaban J connectivity index is 0.998. The maximum atomic E-state index is 9.08. The van der Waals surface area contributed by atoms with Crippen LogP contribution in [-0.4, -0.2) is 14.1 Å². The highest BCUT2D eigenvalue weighted by Crippen LogP contribution is 2.41. The number of rotatable bonds is 9. The Bertz CT molecular complexity index is 4520.